The quantitative estimate of drug-likeness (QED) is 0.209. The number of aryl methyl sites for hydroxylation is 1. The lowest BCUT2D eigenvalue weighted by molar-refractivity contribution is -0.136. The second-order valence-corrected chi connectivity index (χ2v) is 9.66. The third-order valence-corrected chi connectivity index (χ3v) is 6.50. The van der Waals surface area contributed by atoms with Crippen molar-refractivity contribution < 1.29 is 24.1 Å². The fourth-order valence-electron chi connectivity index (χ4n) is 4.11. The zero-order chi connectivity index (χ0) is 28.2. The normalized spacial score (nSPS) is 10.5. The minimum Gasteiger partial charge on any atom is -0.497 e. The number of carboxylic acid groups (broad SMARTS) is 1. The topological polar surface area (TPSA) is 65.0 Å². The highest BCUT2D eigenvalue weighted by atomic mass is 35.5. The number of carboxylic acids is 1. The van der Waals surface area contributed by atoms with Gasteiger partial charge in [-0.1, -0.05) is 71.7 Å². The SMILES string of the molecule is COCc1cc(Cl)ccc1-c1ccc(CCC(=O)O)cc1.COCc1cc(Cl)ccc1-c1ccc(OC)cc1. The molecule has 0 aliphatic carbocycles. The molecule has 4 aromatic carbocycles. The molecule has 204 valence electrons. The molecule has 4 rings (SSSR count). The van der Waals surface area contributed by atoms with Crippen LogP contribution in [0.3, 0.4) is 0 Å². The van der Waals surface area contributed by atoms with Crippen molar-refractivity contribution in [2.24, 2.45) is 0 Å². The van der Waals surface area contributed by atoms with Gasteiger partial charge in [-0.3, -0.25) is 4.79 Å². The molecule has 0 atom stereocenters. The van der Waals surface area contributed by atoms with Gasteiger partial charge in [-0.15, -0.1) is 0 Å². The number of benzene rings is 4. The van der Waals surface area contributed by atoms with Gasteiger partial charge in [0.25, 0.3) is 0 Å². The Kier molecular flexibility index (Phi) is 11.8. The van der Waals surface area contributed by atoms with Crippen LogP contribution in [0.5, 0.6) is 5.75 Å². The highest BCUT2D eigenvalue weighted by Crippen LogP contribution is 2.29. The van der Waals surface area contributed by atoms with E-state index in [-0.39, 0.29) is 6.42 Å². The van der Waals surface area contributed by atoms with E-state index in [1.54, 1.807) is 21.3 Å². The summed E-state index contributed by atoms with van der Waals surface area (Å²) in [5, 5.41) is 10.1. The summed E-state index contributed by atoms with van der Waals surface area (Å²) in [5.74, 6) is 0.0696. The Morgan fingerprint density at radius 2 is 1.15 bits per heavy atom. The molecule has 7 heteroatoms. The average Bonchev–Trinajstić information content (AvgIpc) is 2.93. The molecule has 0 aromatic heterocycles. The number of hydrogen-bond acceptors (Lipinski definition) is 4. The Morgan fingerprint density at radius 3 is 1.56 bits per heavy atom. The van der Waals surface area contributed by atoms with Crippen molar-refractivity contribution in [1.82, 2.24) is 0 Å². The molecule has 0 saturated carbocycles. The van der Waals surface area contributed by atoms with Gasteiger partial charge in [-0.25, -0.2) is 0 Å². The summed E-state index contributed by atoms with van der Waals surface area (Å²) in [6.07, 6.45) is 0.691. The lowest BCUT2D eigenvalue weighted by atomic mass is 9.98. The summed E-state index contributed by atoms with van der Waals surface area (Å²) in [4.78, 5) is 10.6. The molecule has 0 saturated heterocycles. The zero-order valence-corrected chi connectivity index (χ0v) is 23.8. The van der Waals surface area contributed by atoms with E-state index in [1.165, 1.54) is 0 Å². The standard InChI is InChI=1S/C17H17ClO3.C15H15ClO2/c1-21-11-14-10-15(18)7-8-16(14)13-5-2-12(3-6-13)4-9-17(19)20;1-17-10-12-9-13(16)5-8-15(12)11-3-6-14(18-2)7-4-11/h2-3,5-8,10H,4,9,11H2,1H3,(H,19,20);3-9H,10H2,1-2H3. The molecule has 0 heterocycles. The summed E-state index contributed by atoms with van der Waals surface area (Å²) in [5.41, 5.74) is 7.52. The zero-order valence-electron chi connectivity index (χ0n) is 22.2. The van der Waals surface area contributed by atoms with Crippen LogP contribution in [-0.2, 0) is 33.9 Å². The van der Waals surface area contributed by atoms with Gasteiger partial charge in [0, 0.05) is 30.7 Å². The molecule has 0 radical (unpaired) electrons. The summed E-state index contributed by atoms with van der Waals surface area (Å²) in [6.45, 7) is 1.04. The Balaban J connectivity index is 0.000000218. The van der Waals surface area contributed by atoms with Crippen molar-refractivity contribution in [3.05, 3.63) is 112 Å². The minimum atomic E-state index is -0.779. The summed E-state index contributed by atoms with van der Waals surface area (Å²) >= 11 is 12.0. The molecule has 4 aromatic rings. The van der Waals surface area contributed by atoms with Crippen LogP contribution in [0.25, 0.3) is 22.3 Å². The van der Waals surface area contributed by atoms with Crippen molar-refractivity contribution >= 4 is 29.2 Å². The summed E-state index contributed by atoms with van der Waals surface area (Å²) < 4.78 is 15.6. The van der Waals surface area contributed by atoms with Crippen molar-refractivity contribution in [2.75, 3.05) is 21.3 Å². The number of carbonyl (C=O) groups is 1. The smallest absolute Gasteiger partial charge is 0.303 e. The highest BCUT2D eigenvalue weighted by Gasteiger charge is 2.08. The van der Waals surface area contributed by atoms with Crippen LogP contribution < -0.4 is 4.74 Å². The molecule has 0 spiro atoms. The third kappa shape index (κ3) is 9.12. The van der Waals surface area contributed by atoms with Crippen LogP contribution >= 0.6 is 23.2 Å². The maximum Gasteiger partial charge on any atom is 0.303 e. The Labute approximate surface area is 239 Å². The van der Waals surface area contributed by atoms with E-state index < -0.39 is 5.97 Å². The van der Waals surface area contributed by atoms with Gasteiger partial charge in [0.05, 0.1) is 20.3 Å². The molecule has 5 nitrogen and oxygen atoms in total. The van der Waals surface area contributed by atoms with E-state index in [2.05, 4.69) is 0 Å². The van der Waals surface area contributed by atoms with Gasteiger partial charge >= 0.3 is 5.97 Å². The summed E-state index contributed by atoms with van der Waals surface area (Å²) in [6, 6.07) is 27.4. The van der Waals surface area contributed by atoms with Gasteiger partial charge in [0.1, 0.15) is 5.75 Å². The van der Waals surface area contributed by atoms with E-state index in [9.17, 15) is 4.79 Å². The van der Waals surface area contributed by atoms with Crippen molar-refractivity contribution in [3.8, 4) is 28.0 Å². The first-order chi connectivity index (χ1) is 18.8. The van der Waals surface area contributed by atoms with Gasteiger partial charge in [0.2, 0.25) is 0 Å². The molecule has 0 unspecified atom stereocenters. The summed E-state index contributed by atoms with van der Waals surface area (Å²) in [7, 11) is 4.99. The number of aliphatic carboxylic acids is 1. The molecule has 0 aliphatic rings. The van der Waals surface area contributed by atoms with Crippen LogP contribution in [0, 0.1) is 0 Å². The maximum absolute atomic E-state index is 10.6. The second kappa shape index (κ2) is 15.3. The van der Waals surface area contributed by atoms with Crippen molar-refractivity contribution in [1.29, 1.82) is 0 Å². The predicted octanol–water partition coefficient (Wildman–Crippen LogP) is 8.33. The van der Waals surface area contributed by atoms with Gasteiger partial charge < -0.3 is 19.3 Å². The molecular formula is C32H32Cl2O5. The highest BCUT2D eigenvalue weighted by molar-refractivity contribution is 6.31. The molecular weight excluding hydrogens is 535 g/mol. The van der Waals surface area contributed by atoms with Gasteiger partial charge in [-0.2, -0.15) is 0 Å². The van der Waals surface area contributed by atoms with Crippen LogP contribution in [0.15, 0.2) is 84.9 Å². The number of ether oxygens (including phenoxy) is 3. The average molecular weight is 568 g/mol. The molecule has 39 heavy (non-hydrogen) atoms. The fourth-order valence-corrected chi connectivity index (χ4v) is 4.50. The van der Waals surface area contributed by atoms with Crippen molar-refractivity contribution in [2.45, 2.75) is 26.1 Å². The Hall–Kier alpha value is -3.35. The third-order valence-electron chi connectivity index (χ3n) is 6.03. The lowest BCUT2D eigenvalue weighted by Gasteiger charge is -2.10. The fraction of sp³-hybridized carbons (Fsp3) is 0.219. The number of halogens is 2. The van der Waals surface area contributed by atoms with E-state index >= 15 is 0 Å². The molecule has 0 aliphatic heterocycles. The van der Waals surface area contributed by atoms with Gasteiger partial charge in [-0.05, 0) is 81.8 Å². The predicted molar refractivity (Wildman–Crippen MR) is 158 cm³/mol. The Bertz CT molecular complexity index is 1350. The Morgan fingerprint density at radius 1 is 0.692 bits per heavy atom. The first kappa shape index (κ1) is 30.2. The lowest BCUT2D eigenvalue weighted by Crippen LogP contribution is -1.97. The van der Waals surface area contributed by atoms with E-state index in [1.807, 2.05) is 84.9 Å². The number of hydrogen-bond donors (Lipinski definition) is 1. The van der Waals surface area contributed by atoms with Crippen LogP contribution in [-0.4, -0.2) is 32.4 Å². The first-order valence-electron chi connectivity index (χ1n) is 12.3. The number of rotatable bonds is 10. The molecule has 1 N–H and O–H groups in total. The van der Waals surface area contributed by atoms with Crippen LogP contribution in [0.2, 0.25) is 10.0 Å². The molecule has 0 fully saturated rings. The first-order valence-corrected chi connectivity index (χ1v) is 13.1. The molecule has 0 amide bonds. The van der Waals surface area contributed by atoms with E-state index in [0.29, 0.717) is 24.7 Å². The van der Waals surface area contributed by atoms with Crippen molar-refractivity contribution in [3.63, 3.8) is 0 Å². The van der Waals surface area contributed by atoms with Crippen LogP contribution in [0.1, 0.15) is 23.1 Å². The van der Waals surface area contributed by atoms with Gasteiger partial charge in [0.15, 0.2) is 0 Å². The van der Waals surface area contributed by atoms with E-state index in [0.717, 1.165) is 49.7 Å². The largest absolute Gasteiger partial charge is 0.497 e. The molecule has 0 bridgehead atoms. The number of methoxy groups -OCH3 is 3. The minimum absolute atomic E-state index is 0.148. The second-order valence-electron chi connectivity index (χ2n) is 8.79. The maximum atomic E-state index is 10.6. The van der Waals surface area contributed by atoms with Crippen LogP contribution in [0.4, 0.5) is 0 Å². The monoisotopic (exact) mass is 566 g/mol. The van der Waals surface area contributed by atoms with E-state index in [4.69, 9.17) is 42.5 Å².